The lowest BCUT2D eigenvalue weighted by molar-refractivity contribution is 0.476. The van der Waals surface area contributed by atoms with Crippen LogP contribution in [0.25, 0.3) is 76.9 Å². The second kappa shape index (κ2) is 8.37. The molecule has 3 heteroatoms. The minimum atomic E-state index is 0.878. The van der Waals surface area contributed by atoms with Gasteiger partial charge in [0.05, 0.1) is 27.8 Å². The lowest BCUT2D eigenvalue weighted by Crippen LogP contribution is -2.04. The summed E-state index contributed by atoms with van der Waals surface area (Å²) in [5, 5.41) is 7.49. The predicted molar refractivity (Wildman–Crippen MR) is 178 cm³/mol. The van der Waals surface area contributed by atoms with Gasteiger partial charge in [0, 0.05) is 32.6 Å². The zero-order valence-corrected chi connectivity index (χ0v) is 23.2. The average molecular weight is 549 g/mol. The third kappa shape index (κ3) is 3.08. The van der Waals surface area contributed by atoms with Crippen molar-refractivity contribution in [1.82, 2.24) is 9.13 Å². The molecule has 0 atom stereocenters. The molecule has 1 aliphatic rings. The van der Waals surface area contributed by atoms with Crippen LogP contribution >= 0.6 is 0 Å². The molecular formula is C40H24N2O. The van der Waals surface area contributed by atoms with Crippen LogP contribution in [0.2, 0.25) is 0 Å². The lowest BCUT2D eigenvalue weighted by atomic mass is 10.0. The van der Waals surface area contributed by atoms with E-state index < -0.39 is 0 Å². The zero-order chi connectivity index (χ0) is 28.1. The Hall–Kier alpha value is -5.80. The van der Waals surface area contributed by atoms with Gasteiger partial charge in [-0.15, -0.1) is 0 Å². The molecule has 1 aliphatic heterocycles. The SMILES string of the molecule is c1ccc2c(c1)Oc1cc(-c3ccc(-n4c5ccccc5c5ccc6ccccc6c54)cc3)cc3c4ccccc4n-2c13. The summed E-state index contributed by atoms with van der Waals surface area (Å²) < 4.78 is 11.3. The molecule has 10 rings (SSSR count). The molecule has 3 nitrogen and oxygen atoms in total. The second-order valence-electron chi connectivity index (χ2n) is 11.4. The Morgan fingerprint density at radius 3 is 1.91 bits per heavy atom. The molecule has 0 saturated heterocycles. The van der Waals surface area contributed by atoms with Crippen molar-refractivity contribution in [1.29, 1.82) is 0 Å². The van der Waals surface area contributed by atoms with Crippen molar-refractivity contribution < 1.29 is 4.74 Å². The van der Waals surface area contributed by atoms with Crippen LogP contribution in [0.4, 0.5) is 0 Å². The summed E-state index contributed by atoms with van der Waals surface area (Å²) in [7, 11) is 0. The summed E-state index contributed by atoms with van der Waals surface area (Å²) in [5.41, 5.74) is 9.31. The van der Waals surface area contributed by atoms with Crippen molar-refractivity contribution in [2.45, 2.75) is 0 Å². The first-order valence-corrected chi connectivity index (χ1v) is 14.7. The van der Waals surface area contributed by atoms with Gasteiger partial charge in [0.2, 0.25) is 0 Å². The number of nitrogens with zero attached hydrogens (tertiary/aromatic N) is 2. The van der Waals surface area contributed by atoms with Gasteiger partial charge in [-0.1, -0.05) is 97.1 Å². The van der Waals surface area contributed by atoms with Crippen LogP contribution in [0.5, 0.6) is 11.5 Å². The van der Waals surface area contributed by atoms with Crippen molar-refractivity contribution in [2.75, 3.05) is 0 Å². The van der Waals surface area contributed by atoms with Crippen LogP contribution < -0.4 is 4.74 Å². The molecule has 43 heavy (non-hydrogen) atoms. The van der Waals surface area contributed by atoms with E-state index in [1.807, 2.05) is 6.07 Å². The maximum absolute atomic E-state index is 6.54. The Balaban J connectivity index is 1.19. The first-order valence-electron chi connectivity index (χ1n) is 14.7. The van der Waals surface area contributed by atoms with Crippen LogP contribution in [0, 0.1) is 0 Å². The standard InChI is InChI=1S/C40H24N2O/c1-2-10-29-26(9-1)19-22-32-30-11-3-5-13-34(30)41(39(29)32)28-20-17-25(18-21-28)27-23-33-31-12-4-6-14-35(31)42-36-15-7-8-16-37(36)43-38(24-27)40(33)42/h1-24H. The Kier molecular flexibility index (Phi) is 4.45. The van der Waals surface area contributed by atoms with Gasteiger partial charge < -0.3 is 13.9 Å². The van der Waals surface area contributed by atoms with Gasteiger partial charge in [0.1, 0.15) is 0 Å². The summed E-state index contributed by atoms with van der Waals surface area (Å²) in [6.07, 6.45) is 0. The molecule has 0 radical (unpaired) electrons. The lowest BCUT2D eigenvalue weighted by Gasteiger charge is -2.21. The highest BCUT2D eigenvalue weighted by molar-refractivity contribution is 6.18. The van der Waals surface area contributed by atoms with E-state index in [-0.39, 0.29) is 0 Å². The predicted octanol–water partition coefficient (Wildman–Crippen LogP) is 10.8. The minimum absolute atomic E-state index is 0.878. The molecule has 9 aromatic rings. The van der Waals surface area contributed by atoms with E-state index in [0.29, 0.717) is 0 Å². The number of benzene rings is 7. The second-order valence-corrected chi connectivity index (χ2v) is 11.4. The van der Waals surface area contributed by atoms with Gasteiger partial charge in [0.25, 0.3) is 0 Å². The molecule has 0 unspecified atom stereocenters. The van der Waals surface area contributed by atoms with Gasteiger partial charge in [-0.3, -0.25) is 0 Å². The monoisotopic (exact) mass is 548 g/mol. The number of aromatic nitrogens is 2. The van der Waals surface area contributed by atoms with Crippen molar-refractivity contribution >= 4 is 54.4 Å². The Morgan fingerprint density at radius 1 is 0.395 bits per heavy atom. The van der Waals surface area contributed by atoms with Gasteiger partial charge in [-0.25, -0.2) is 0 Å². The zero-order valence-electron chi connectivity index (χ0n) is 23.2. The van der Waals surface area contributed by atoms with E-state index in [1.165, 1.54) is 48.9 Å². The summed E-state index contributed by atoms with van der Waals surface area (Å²) in [6, 6.07) is 52.3. The van der Waals surface area contributed by atoms with E-state index in [4.69, 9.17) is 4.74 Å². The Bertz CT molecular complexity index is 2580. The molecule has 0 saturated carbocycles. The number of fused-ring (bicyclic) bond motifs is 10. The fourth-order valence-corrected chi connectivity index (χ4v) is 7.20. The van der Waals surface area contributed by atoms with Gasteiger partial charge in [-0.05, 0) is 65.0 Å². The number of hydrogen-bond acceptors (Lipinski definition) is 1. The highest BCUT2D eigenvalue weighted by atomic mass is 16.5. The first-order chi connectivity index (χ1) is 21.3. The molecule has 0 spiro atoms. The molecule has 2 aromatic heterocycles. The van der Waals surface area contributed by atoms with Crippen molar-refractivity contribution in [3.63, 3.8) is 0 Å². The van der Waals surface area contributed by atoms with E-state index in [0.717, 1.165) is 39.5 Å². The van der Waals surface area contributed by atoms with Crippen LogP contribution in [0.1, 0.15) is 0 Å². The third-order valence-electron chi connectivity index (χ3n) is 9.08. The molecule has 0 N–H and O–H groups in total. The molecule has 3 heterocycles. The Labute approximate surface area is 247 Å². The van der Waals surface area contributed by atoms with Crippen LogP contribution in [0.3, 0.4) is 0 Å². The molecule has 200 valence electrons. The largest absolute Gasteiger partial charge is 0.453 e. The van der Waals surface area contributed by atoms with E-state index in [1.54, 1.807) is 0 Å². The van der Waals surface area contributed by atoms with Crippen LogP contribution in [-0.4, -0.2) is 9.13 Å². The third-order valence-corrected chi connectivity index (χ3v) is 9.08. The smallest absolute Gasteiger partial charge is 0.152 e. The maximum Gasteiger partial charge on any atom is 0.152 e. The summed E-state index contributed by atoms with van der Waals surface area (Å²) in [5.74, 6) is 1.77. The van der Waals surface area contributed by atoms with Gasteiger partial charge >= 0.3 is 0 Å². The highest BCUT2D eigenvalue weighted by Gasteiger charge is 2.24. The van der Waals surface area contributed by atoms with E-state index >= 15 is 0 Å². The van der Waals surface area contributed by atoms with Crippen LogP contribution in [0.15, 0.2) is 146 Å². The average Bonchev–Trinajstić information content (AvgIpc) is 3.59. The number of hydrogen-bond donors (Lipinski definition) is 0. The topological polar surface area (TPSA) is 19.1 Å². The highest BCUT2D eigenvalue weighted by Crippen LogP contribution is 2.47. The molecule has 0 amide bonds. The summed E-state index contributed by atoms with van der Waals surface area (Å²) in [6.45, 7) is 0. The summed E-state index contributed by atoms with van der Waals surface area (Å²) >= 11 is 0. The number of rotatable bonds is 2. The number of ether oxygens (including phenoxy) is 1. The normalized spacial score (nSPS) is 12.4. The molecular weight excluding hydrogens is 524 g/mol. The van der Waals surface area contributed by atoms with Crippen molar-refractivity contribution in [2.24, 2.45) is 0 Å². The van der Waals surface area contributed by atoms with Crippen molar-refractivity contribution in [3.05, 3.63) is 146 Å². The fraction of sp³-hybridized carbons (Fsp3) is 0. The molecule has 0 aliphatic carbocycles. The molecule has 7 aromatic carbocycles. The van der Waals surface area contributed by atoms with Gasteiger partial charge in [0.15, 0.2) is 11.5 Å². The Morgan fingerprint density at radius 2 is 1.07 bits per heavy atom. The number of para-hydroxylation sites is 4. The van der Waals surface area contributed by atoms with Gasteiger partial charge in [-0.2, -0.15) is 0 Å². The molecule has 0 bridgehead atoms. The van der Waals surface area contributed by atoms with E-state index in [2.05, 4.69) is 149 Å². The van der Waals surface area contributed by atoms with Crippen molar-refractivity contribution in [3.8, 4) is 34.0 Å². The fourth-order valence-electron chi connectivity index (χ4n) is 7.20. The first kappa shape index (κ1) is 22.8. The summed E-state index contributed by atoms with van der Waals surface area (Å²) in [4.78, 5) is 0. The van der Waals surface area contributed by atoms with E-state index in [9.17, 15) is 0 Å². The molecule has 0 fully saturated rings. The maximum atomic E-state index is 6.54. The quantitative estimate of drug-likeness (QED) is 0.210. The minimum Gasteiger partial charge on any atom is -0.453 e. The van der Waals surface area contributed by atoms with Crippen LogP contribution in [-0.2, 0) is 0 Å².